The first kappa shape index (κ1) is 13.5. The van der Waals surface area contributed by atoms with Crippen LogP contribution >= 0.6 is 0 Å². The van der Waals surface area contributed by atoms with Gasteiger partial charge in [0.15, 0.2) is 5.76 Å². The van der Waals surface area contributed by atoms with Gasteiger partial charge in [0.1, 0.15) is 5.76 Å². The number of carboxylic acid groups (broad SMARTS) is 1. The zero-order valence-electron chi connectivity index (χ0n) is 10.4. The summed E-state index contributed by atoms with van der Waals surface area (Å²) in [6.07, 6.45) is -1.16. The van der Waals surface area contributed by atoms with Crippen LogP contribution in [0.1, 0.15) is 16.3 Å². The highest BCUT2D eigenvalue weighted by Crippen LogP contribution is 2.14. The van der Waals surface area contributed by atoms with Crippen molar-refractivity contribution in [1.82, 2.24) is 5.32 Å². The molecule has 0 atom stereocenters. The minimum Gasteiger partial charge on any atom is -0.465 e. The van der Waals surface area contributed by atoms with Crippen molar-refractivity contribution in [2.75, 3.05) is 11.1 Å². The number of nitrogen functional groups attached to an aromatic ring is 1. The van der Waals surface area contributed by atoms with Crippen LogP contribution in [0.4, 0.5) is 16.2 Å². The first-order valence-electron chi connectivity index (χ1n) is 5.77. The number of anilines is 2. The summed E-state index contributed by atoms with van der Waals surface area (Å²) < 4.78 is 5.23. The van der Waals surface area contributed by atoms with Gasteiger partial charge in [0, 0.05) is 11.4 Å². The van der Waals surface area contributed by atoms with E-state index in [1.807, 2.05) is 0 Å². The molecule has 2 aromatic rings. The summed E-state index contributed by atoms with van der Waals surface area (Å²) >= 11 is 0. The third-order valence-electron chi connectivity index (χ3n) is 2.47. The van der Waals surface area contributed by atoms with E-state index in [4.69, 9.17) is 15.3 Å². The summed E-state index contributed by atoms with van der Waals surface area (Å²) in [7, 11) is 0. The quantitative estimate of drug-likeness (QED) is 0.635. The Morgan fingerprint density at radius 3 is 2.50 bits per heavy atom. The maximum absolute atomic E-state index is 11.9. The van der Waals surface area contributed by atoms with Crippen molar-refractivity contribution in [3.63, 3.8) is 0 Å². The fourth-order valence-electron chi connectivity index (χ4n) is 1.52. The minimum absolute atomic E-state index is 0.00445. The summed E-state index contributed by atoms with van der Waals surface area (Å²) in [5.74, 6) is 0.0372. The molecule has 104 valence electrons. The van der Waals surface area contributed by atoms with E-state index < -0.39 is 12.0 Å². The van der Waals surface area contributed by atoms with Crippen LogP contribution in [0.25, 0.3) is 0 Å². The van der Waals surface area contributed by atoms with Crippen LogP contribution in [0.5, 0.6) is 0 Å². The zero-order chi connectivity index (χ0) is 14.5. The van der Waals surface area contributed by atoms with Crippen LogP contribution in [-0.4, -0.2) is 17.1 Å². The number of furan rings is 1. The second-order valence-corrected chi connectivity index (χ2v) is 4.00. The number of rotatable bonds is 4. The minimum atomic E-state index is -1.16. The Bertz CT molecular complexity index is 619. The van der Waals surface area contributed by atoms with Gasteiger partial charge in [-0.1, -0.05) is 0 Å². The molecule has 20 heavy (non-hydrogen) atoms. The second-order valence-electron chi connectivity index (χ2n) is 4.00. The highest BCUT2D eigenvalue weighted by atomic mass is 16.4. The number of hydrogen-bond donors (Lipinski definition) is 4. The normalized spacial score (nSPS) is 10.0. The van der Waals surface area contributed by atoms with E-state index in [-0.39, 0.29) is 12.3 Å². The van der Waals surface area contributed by atoms with Gasteiger partial charge in [0.2, 0.25) is 0 Å². The molecule has 0 radical (unpaired) electrons. The highest BCUT2D eigenvalue weighted by Gasteiger charge is 2.11. The Balaban J connectivity index is 1.98. The molecule has 0 aliphatic carbocycles. The van der Waals surface area contributed by atoms with Gasteiger partial charge < -0.3 is 25.9 Å². The summed E-state index contributed by atoms with van der Waals surface area (Å²) in [6, 6.07) is 9.69. The molecule has 0 aliphatic heterocycles. The van der Waals surface area contributed by atoms with Crippen LogP contribution < -0.4 is 16.4 Å². The molecule has 2 amide bonds. The molecule has 0 unspecified atom stereocenters. The van der Waals surface area contributed by atoms with Gasteiger partial charge in [-0.3, -0.25) is 4.79 Å². The second kappa shape index (κ2) is 5.79. The first-order chi connectivity index (χ1) is 9.54. The van der Waals surface area contributed by atoms with Crippen molar-refractivity contribution in [1.29, 1.82) is 0 Å². The van der Waals surface area contributed by atoms with Crippen LogP contribution in [-0.2, 0) is 6.54 Å². The predicted molar refractivity (Wildman–Crippen MR) is 72.4 cm³/mol. The van der Waals surface area contributed by atoms with Gasteiger partial charge in [-0.05, 0) is 36.4 Å². The van der Waals surface area contributed by atoms with E-state index in [1.54, 1.807) is 24.3 Å². The van der Waals surface area contributed by atoms with Crippen molar-refractivity contribution >= 4 is 23.4 Å². The number of hydrogen-bond acceptors (Lipinski definition) is 4. The molecule has 0 fully saturated rings. The molecule has 1 aromatic carbocycles. The summed E-state index contributed by atoms with van der Waals surface area (Å²) in [5.41, 5.74) is 6.73. The van der Waals surface area contributed by atoms with Crippen molar-refractivity contribution in [2.24, 2.45) is 0 Å². The summed E-state index contributed by atoms with van der Waals surface area (Å²) in [6.45, 7) is 0.00445. The zero-order valence-corrected chi connectivity index (χ0v) is 10.4. The lowest BCUT2D eigenvalue weighted by molar-refractivity contribution is 0.0995. The molecule has 0 spiro atoms. The van der Waals surface area contributed by atoms with Gasteiger partial charge in [-0.15, -0.1) is 0 Å². The van der Waals surface area contributed by atoms with Crippen molar-refractivity contribution in [3.05, 3.63) is 47.9 Å². The number of carbonyl (C=O) groups is 2. The molecular weight excluding hydrogens is 262 g/mol. The Labute approximate surface area is 114 Å². The molecule has 0 saturated carbocycles. The van der Waals surface area contributed by atoms with Gasteiger partial charge in [-0.25, -0.2) is 4.79 Å². The summed E-state index contributed by atoms with van der Waals surface area (Å²) in [4.78, 5) is 22.2. The average Bonchev–Trinajstić information content (AvgIpc) is 2.88. The largest absolute Gasteiger partial charge is 0.465 e. The van der Waals surface area contributed by atoms with Crippen molar-refractivity contribution in [2.45, 2.75) is 6.54 Å². The predicted octanol–water partition coefficient (Wildman–Crippen LogP) is 1.88. The molecule has 7 heteroatoms. The molecule has 2 rings (SSSR count). The maximum atomic E-state index is 11.9. The number of nitrogens with two attached hydrogens (primary N) is 1. The van der Waals surface area contributed by atoms with Crippen LogP contribution in [0.15, 0.2) is 40.8 Å². The lowest BCUT2D eigenvalue weighted by Crippen LogP contribution is -2.19. The standard InChI is InChI=1S/C13H13N3O4/c14-8-1-3-9(4-2-8)16-12(17)11-6-5-10(20-11)7-15-13(18)19/h1-6,15H,7,14H2,(H,16,17)(H,18,19). The molecule has 0 saturated heterocycles. The SMILES string of the molecule is Nc1ccc(NC(=O)c2ccc(CNC(=O)O)o2)cc1. The molecular formula is C13H13N3O4. The molecule has 1 aromatic heterocycles. The number of amides is 2. The third kappa shape index (κ3) is 3.52. The van der Waals surface area contributed by atoms with E-state index in [9.17, 15) is 9.59 Å². The van der Waals surface area contributed by atoms with Gasteiger partial charge >= 0.3 is 6.09 Å². The monoisotopic (exact) mass is 275 g/mol. The van der Waals surface area contributed by atoms with Gasteiger partial charge in [0.05, 0.1) is 6.54 Å². The van der Waals surface area contributed by atoms with E-state index in [2.05, 4.69) is 10.6 Å². The van der Waals surface area contributed by atoms with Gasteiger partial charge in [-0.2, -0.15) is 0 Å². The highest BCUT2D eigenvalue weighted by molar-refractivity contribution is 6.02. The lowest BCUT2D eigenvalue weighted by Gasteiger charge is -2.03. The molecule has 5 N–H and O–H groups in total. The smallest absolute Gasteiger partial charge is 0.405 e. The molecule has 0 aliphatic rings. The van der Waals surface area contributed by atoms with Gasteiger partial charge in [0.25, 0.3) is 5.91 Å². The lowest BCUT2D eigenvalue weighted by atomic mass is 10.3. The molecule has 1 heterocycles. The van der Waals surface area contributed by atoms with Crippen LogP contribution in [0, 0.1) is 0 Å². The van der Waals surface area contributed by atoms with E-state index in [0.717, 1.165) is 0 Å². The average molecular weight is 275 g/mol. The Hall–Kier alpha value is -2.96. The summed E-state index contributed by atoms with van der Waals surface area (Å²) in [5, 5.41) is 13.3. The topological polar surface area (TPSA) is 118 Å². The maximum Gasteiger partial charge on any atom is 0.405 e. The van der Waals surface area contributed by atoms with Crippen molar-refractivity contribution in [3.8, 4) is 0 Å². The number of carbonyl (C=O) groups excluding carboxylic acids is 1. The fraction of sp³-hybridized carbons (Fsp3) is 0.0769. The van der Waals surface area contributed by atoms with E-state index >= 15 is 0 Å². The van der Waals surface area contributed by atoms with E-state index in [1.165, 1.54) is 12.1 Å². The number of benzene rings is 1. The molecule has 7 nitrogen and oxygen atoms in total. The van der Waals surface area contributed by atoms with Crippen LogP contribution in [0.2, 0.25) is 0 Å². The third-order valence-corrected chi connectivity index (χ3v) is 2.47. The molecule has 0 bridgehead atoms. The fourth-order valence-corrected chi connectivity index (χ4v) is 1.52. The van der Waals surface area contributed by atoms with E-state index in [0.29, 0.717) is 17.1 Å². The van der Waals surface area contributed by atoms with Crippen molar-refractivity contribution < 1.29 is 19.1 Å². The Kier molecular flexibility index (Phi) is 3.90. The number of nitrogens with one attached hydrogen (secondary N) is 2. The van der Waals surface area contributed by atoms with Crippen LogP contribution in [0.3, 0.4) is 0 Å². The Morgan fingerprint density at radius 1 is 1.15 bits per heavy atom. The Morgan fingerprint density at radius 2 is 1.85 bits per heavy atom. The first-order valence-corrected chi connectivity index (χ1v) is 5.77.